The highest BCUT2D eigenvalue weighted by molar-refractivity contribution is 9.10. The van der Waals surface area contributed by atoms with Gasteiger partial charge in [0.2, 0.25) is 5.13 Å². The molecule has 3 aromatic carbocycles. The molecule has 4 nitrogen and oxygen atoms in total. The third-order valence-corrected chi connectivity index (χ3v) is 5.70. The summed E-state index contributed by atoms with van der Waals surface area (Å²) >= 11 is 10.8. The van der Waals surface area contributed by atoms with E-state index in [9.17, 15) is 9.18 Å². The fourth-order valence-corrected chi connectivity index (χ4v) is 4.25. The number of rotatable bonds is 4. The Balaban J connectivity index is 1.76. The van der Waals surface area contributed by atoms with Crippen LogP contribution in [0.4, 0.5) is 9.52 Å². The molecule has 8 heteroatoms. The minimum atomic E-state index is -0.371. The first-order valence-corrected chi connectivity index (χ1v) is 10.4. The summed E-state index contributed by atoms with van der Waals surface area (Å²) in [7, 11) is 0. The van der Waals surface area contributed by atoms with E-state index in [0.717, 1.165) is 14.7 Å². The maximum absolute atomic E-state index is 13.2. The summed E-state index contributed by atoms with van der Waals surface area (Å²) in [5.74, 6) is -0.713. The molecule has 0 aliphatic carbocycles. The van der Waals surface area contributed by atoms with Crippen LogP contribution in [0.15, 0.2) is 76.3 Å². The lowest BCUT2D eigenvalue weighted by atomic mass is 10.2. The predicted molar refractivity (Wildman–Crippen MR) is 120 cm³/mol. The molecule has 29 heavy (non-hydrogen) atoms. The van der Waals surface area contributed by atoms with Crippen LogP contribution < -0.4 is 5.01 Å². The van der Waals surface area contributed by atoms with E-state index in [1.165, 1.54) is 34.7 Å². The van der Waals surface area contributed by atoms with Crippen molar-refractivity contribution in [3.63, 3.8) is 0 Å². The van der Waals surface area contributed by atoms with Crippen molar-refractivity contribution in [2.45, 2.75) is 0 Å². The van der Waals surface area contributed by atoms with Gasteiger partial charge in [0, 0.05) is 15.1 Å². The number of nitrogens with zero attached hydrogens (tertiary/aromatic N) is 3. The number of hydrazone groups is 1. The van der Waals surface area contributed by atoms with Crippen LogP contribution in [-0.4, -0.2) is 17.1 Å². The van der Waals surface area contributed by atoms with Gasteiger partial charge >= 0.3 is 0 Å². The SMILES string of the molecule is O=C(c1cccc(Cl)c1)N(/N=C/c1ccc(F)cc1)c1nc2ccc(Br)cc2s1. The summed E-state index contributed by atoms with van der Waals surface area (Å²) in [6.45, 7) is 0. The van der Waals surface area contributed by atoms with Crippen LogP contribution in [0.5, 0.6) is 0 Å². The standard InChI is InChI=1S/C21H12BrClFN3OS/c22-15-6-9-18-19(11-15)29-21(26-18)27(20(28)14-2-1-3-16(23)10-14)25-12-13-4-7-17(24)8-5-13/h1-12H/b25-12+. The molecule has 0 atom stereocenters. The monoisotopic (exact) mass is 487 g/mol. The molecule has 0 saturated heterocycles. The highest BCUT2D eigenvalue weighted by Gasteiger charge is 2.21. The minimum absolute atomic E-state index is 0.342. The number of aromatic nitrogens is 1. The van der Waals surface area contributed by atoms with Crippen molar-refractivity contribution in [3.05, 3.63) is 93.2 Å². The molecule has 0 radical (unpaired) electrons. The zero-order valence-electron chi connectivity index (χ0n) is 14.7. The Morgan fingerprint density at radius 1 is 1.14 bits per heavy atom. The van der Waals surface area contributed by atoms with E-state index in [1.807, 2.05) is 18.2 Å². The Labute approximate surface area is 183 Å². The Morgan fingerprint density at radius 3 is 2.69 bits per heavy atom. The second-order valence-electron chi connectivity index (χ2n) is 6.03. The highest BCUT2D eigenvalue weighted by Crippen LogP contribution is 2.32. The first-order valence-electron chi connectivity index (χ1n) is 8.45. The number of halogens is 3. The van der Waals surface area contributed by atoms with Crippen molar-refractivity contribution < 1.29 is 9.18 Å². The molecular formula is C21H12BrClFN3OS. The van der Waals surface area contributed by atoms with Gasteiger partial charge in [0.25, 0.3) is 5.91 Å². The zero-order chi connectivity index (χ0) is 20.4. The second-order valence-corrected chi connectivity index (χ2v) is 8.39. The van der Waals surface area contributed by atoms with E-state index in [1.54, 1.807) is 36.4 Å². The molecule has 0 N–H and O–H groups in total. The van der Waals surface area contributed by atoms with Crippen LogP contribution in [0, 0.1) is 5.82 Å². The number of carbonyl (C=O) groups excluding carboxylic acids is 1. The number of carbonyl (C=O) groups is 1. The first kappa shape index (κ1) is 19.7. The van der Waals surface area contributed by atoms with Crippen molar-refractivity contribution in [2.75, 3.05) is 5.01 Å². The van der Waals surface area contributed by atoms with Gasteiger partial charge < -0.3 is 0 Å². The maximum atomic E-state index is 13.2. The highest BCUT2D eigenvalue weighted by atomic mass is 79.9. The Bertz CT molecular complexity index is 1230. The lowest BCUT2D eigenvalue weighted by Gasteiger charge is -2.14. The van der Waals surface area contributed by atoms with Crippen LogP contribution in [0.25, 0.3) is 10.2 Å². The fourth-order valence-electron chi connectivity index (χ4n) is 2.58. The third-order valence-electron chi connectivity index (χ3n) is 3.98. The van der Waals surface area contributed by atoms with Crippen LogP contribution in [0.1, 0.15) is 15.9 Å². The lowest BCUT2D eigenvalue weighted by Crippen LogP contribution is -2.25. The summed E-state index contributed by atoms with van der Waals surface area (Å²) < 4.78 is 15.0. The van der Waals surface area contributed by atoms with Gasteiger partial charge in [-0.05, 0) is 54.1 Å². The van der Waals surface area contributed by atoms with E-state index in [-0.39, 0.29) is 11.7 Å². The molecule has 4 aromatic rings. The Hall–Kier alpha value is -2.61. The van der Waals surface area contributed by atoms with Gasteiger partial charge in [-0.2, -0.15) is 10.1 Å². The van der Waals surface area contributed by atoms with Gasteiger partial charge in [0.15, 0.2) is 0 Å². The van der Waals surface area contributed by atoms with Crippen molar-refractivity contribution in [1.29, 1.82) is 0 Å². The summed E-state index contributed by atoms with van der Waals surface area (Å²) in [4.78, 5) is 17.7. The molecule has 0 bridgehead atoms. The molecule has 0 aliphatic rings. The quantitative estimate of drug-likeness (QED) is 0.242. The van der Waals surface area contributed by atoms with E-state index >= 15 is 0 Å². The number of thiazole rings is 1. The first-order chi connectivity index (χ1) is 14.0. The molecule has 1 heterocycles. The molecule has 0 aliphatic heterocycles. The van der Waals surface area contributed by atoms with Gasteiger partial charge in [-0.25, -0.2) is 9.37 Å². The van der Waals surface area contributed by atoms with Crippen molar-refractivity contribution in [2.24, 2.45) is 5.10 Å². The molecule has 144 valence electrons. The average Bonchev–Trinajstić information content (AvgIpc) is 3.12. The third kappa shape index (κ3) is 4.53. The maximum Gasteiger partial charge on any atom is 0.280 e. The number of anilines is 1. The zero-order valence-corrected chi connectivity index (χ0v) is 17.9. The van der Waals surface area contributed by atoms with Crippen LogP contribution in [0.2, 0.25) is 5.02 Å². The predicted octanol–water partition coefficient (Wildman–Crippen LogP) is 6.53. The molecule has 0 saturated carbocycles. The van der Waals surface area contributed by atoms with Crippen LogP contribution in [-0.2, 0) is 0 Å². The van der Waals surface area contributed by atoms with E-state index in [0.29, 0.717) is 21.3 Å². The number of hydrogen-bond donors (Lipinski definition) is 0. The molecule has 0 spiro atoms. The normalized spacial score (nSPS) is 11.3. The molecular weight excluding hydrogens is 477 g/mol. The van der Waals surface area contributed by atoms with Gasteiger partial charge in [-0.15, -0.1) is 0 Å². The lowest BCUT2D eigenvalue weighted by molar-refractivity contribution is 0.0988. The summed E-state index contributed by atoms with van der Waals surface area (Å²) in [6.07, 6.45) is 1.49. The summed E-state index contributed by atoms with van der Waals surface area (Å²) in [6, 6.07) is 18.1. The minimum Gasteiger partial charge on any atom is -0.267 e. The summed E-state index contributed by atoms with van der Waals surface area (Å²) in [5.41, 5.74) is 1.79. The second kappa shape index (κ2) is 8.41. The molecule has 0 fully saturated rings. The molecule has 1 aromatic heterocycles. The van der Waals surface area contributed by atoms with E-state index in [2.05, 4.69) is 26.0 Å². The van der Waals surface area contributed by atoms with E-state index in [4.69, 9.17) is 11.6 Å². The smallest absolute Gasteiger partial charge is 0.267 e. The molecule has 0 unspecified atom stereocenters. The van der Waals surface area contributed by atoms with Gasteiger partial charge in [0.05, 0.1) is 16.4 Å². The topological polar surface area (TPSA) is 45.6 Å². The van der Waals surface area contributed by atoms with Gasteiger partial charge in [-0.1, -0.05) is 57.1 Å². The van der Waals surface area contributed by atoms with Crippen LogP contribution in [0.3, 0.4) is 0 Å². The number of benzene rings is 3. The van der Waals surface area contributed by atoms with Crippen molar-refractivity contribution in [3.8, 4) is 0 Å². The van der Waals surface area contributed by atoms with Gasteiger partial charge in [0.1, 0.15) is 5.82 Å². The van der Waals surface area contributed by atoms with Gasteiger partial charge in [-0.3, -0.25) is 4.79 Å². The number of hydrogen-bond acceptors (Lipinski definition) is 4. The fraction of sp³-hybridized carbons (Fsp3) is 0. The number of fused-ring (bicyclic) bond motifs is 1. The van der Waals surface area contributed by atoms with E-state index < -0.39 is 0 Å². The Kier molecular flexibility index (Phi) is 5.71. The Morgan fingerprint density at radius 2 is 1.93 bits per heavy atom. The van der Waals surface area contributed by atoms with Crippen molar-refractivity contribution in [1.82, 2.24) is 4.98 Å². The summed E-state index contributed by atoms with van der Waals surface area (Å²) in [5, 5.41) is 6.45. The average molecular weight is 489 g/mol. The molecule has 1 amide bonds. The number of amides is 1. The van der Waals surface area contributed by atoms with Crippen molar-refractivity contribution >= 4 is 66.3 Å². The van der Waals surface area contributed by atoms with Crippen LogP contribution >= 0.6 is 38.9 Å². The molecule has 4 rings (SSSR count). The largest absolute Gasteiger partial charge is 0.280 e.